The Kier molecular flexibility index (Phi) is 14.1. The quantitative estimate of drug-likeness (QED) is 0.0446. The van der Waals surface area contributed by atoms with E-state index in [9.17, 15) is 73.1 Å². The molecule has 16 N–H and O–H groups in total. The van der Waals surface area contributed by atoms with Crippen molar-refractivity contribution in [2.24, 2.45) is 0 Å². The molecule has 354 valence electrons. The summed E-state index contributed by atoms with van der Waals surface area (Å²) in [6.45, 7) is 2.98. The van der Waals surface area contributed by atoms with Gasteiger partial charge in [0, 0.05) is 11.4 Å². The summed E-state index contributed by atoms with van der Waals surface area (Å²) in [7, 11) is 0. The van der Waals surface area contributed by atoms with Gasteiger partial charge in [-0.15, -0.1) is 0 Å². The molecule has 6 aromatic carbocycles. The summed E-state index contributed by atoms with van der Waals surface area (Å²) in [4.78, 5) is 0. The van der Waals surface area contributed by atoms with E-state index in [0.29, 0.717) is 71.0 Å². The fourth-order valence-corrected chi connectivity index (χ4v) is 6.73. The lowest BCUT2D eigenvalue weighted by atomic mass is 9.72. The number of benzene rings is 6. The molecule has 0 aromatic heterocycles. The second-order valence-corrected chi connectivity index (χ2v) is 14.7. The van der Waals surface area contributed by atoms with Crippen LogP contribution < -0.4 is 34.4 Å². The molecule has 0 aliphatic carbocycles. The highest BCUT2D eigenvalue weighted by molar-refractivity contribution is 5.73. The van der Waals surface area contributed by atoms with Gasteiger partial charge in [0.25, 0.3) is 0 Å². The van der Waals surface area contributed by atoms with Gasteiger partial charge in [-0.25, -0.2) is 0 Å². The number of halogens is 12. The van der Waals surface area contributed by atoms with Crippen LogP contribution in [0.15, 0.2) is 109 Å². The number of phenolic OH excluding ortho intramolecular Hbond substituents is 4. The van der Waals surface area contributed by atoms with Crippen molar-refractivity contribution >= 4 is 34.1 Å². The fourth-order valence-electron chi connectivity index (χ4n) is 6.73. The maximum atomic E-state index is 13.9. The summed E-state index contributed by atoms with van der Waals surface area (Å²) in [6.07, 6.45) is -23.0. The second kappa shape index (κ2) is 18.2. The van der Waals surface area contributed by atoms with Gasteiger partial charge < -0.3 is 54.8 Å². The summed E-state index contributed by atoms with van der Waals surface area (Å²) in [5.74, 6) is -1.28. The van der Waals surface area contributed by atoms with Crippen LogP contribution in [0.5, 0.6) is 23.0 Å². The monoisotopic (exact) mass is 944 g/mol. The molecule has 0 bridgehead atoms. The van der Waals surface area contributed by atoms with E-state index in [4.69, 9.17) is 34.4 Å². The number of rotatable bonds is 5. The molecule has 0 radical (unpaired) electrons. The van der Waals surface area contributed by atoms with Crippen molar-refractivity contribution in [3.8, 4) is 34.1 Å². The van der Waals surface area contributed by atoms with Gasteiger partial charge in [-0.3, -0.25) is 0 Å². The summed E-state index contributed by atoms with van der Waals surface area (Å²) < 4.78 is 166. The van der Waals surface area contributed by atoms with E-state index < -0.39 is 80.7 Å². The number of alkyl halides is 12. The largest absolute Gasteiger partial charge is 0.506 e. The third-order valence-electron chi connectivity index (χ3n) is 10.4. The van der Waals surface area contributed by atoms with Crippen molar-refractivity contribution in [3.63, 3.8) is 0 Å². The highest BCUT2D eigenvalue weighted by Gasteiger charge is 2.73. The lowest BCUT2D eigenvalue weighted by Crippen LogP contribution is -2.54. The maximum Gasteiger partial charge on any atom is 0.411 e. The van der Waals surface area contributed by atoms with Crippen molar-refractivity contribution < 1.29 is 73.1 Å². The van der Waals surface area contributed by atoms with Gasteiger partial charge in [0.2, 0.25) is 10.8 Å². The minimum atomic E-state index is -5.82. The Hall–Kier alpha value is -7.52. The van der Waals surface area contributed by atoms with Crippen molar-refractivity contribution in [2.45, 2.75) is 49.4 Å². The molecular formula is C44H40F12N6O4. The van der Waals surface area contributed by atoms with Crippen molar-refractivity contribution in [1.82, 2.24) is 0 Å². The number of hydrogen-bond donors (Lipinski definition) is 10. The normalized spacial score (nSPS) is 12.4. The molecule has 0 saturated carbocycles. The van der Waals surface area contributed by atoms with E-state index in [0.717, 1.165) is 35.4 Å². The Morgan fingerprint density at radius 1 is 0.303 bits per heavy atom. The summed E-state index contributed by atoms with van der Waals surface area (Å²) >= 11 is 0. The molecule has 0 atom stereocenters. The Morgan fingerprint density at radius 2 is 0.561 bits per heavy atom. The van der Waals surface area contributed by atoms with E-state index >= 15 is 0 Å². The Balaban J connectivity index is 0.000000222. The fraction of sp³-hybridized carbons (Fsp3) is 0.182. The first kappa shape index (κ1) is 51.1. The number of hydrogen-bond acceptors (Lipinski definition) is 10. The van der Waals surface area contributed by atoms with Crippen LogP contribution in [0.2, 0.25) is 0 Å². The third-order valence-corrected chi connectivity index (χ3v) is 10.4. The van der Waals surface area contributed by atoms with Crippen LogP contribution in [-0.4, -0.2) is 45.1 Å². The Bertz CT molecular complexity index is 2400. The number of aromatic hydroxyl groups is 4. The van der Waals surface area contributed by atoms with E-state index in [1.165, 1.54) is 13.8 Å². The van der Waals surface area contributed by atoms with Gasteiger partial charge in [0.15, 0.2) is 0 Å². The van der Waals surface area contributed by atoms with Crippen LogP contribution in [0.3, 0.4) is 0 Å². The molecule has 6 aromatic rings. The number of aryl methyl sites for hydroxylation is 2. The zero-order valence-electron chi connectivity index (χ0n) is 34.2. The second-order valence-electron chi connectivity index (χ2n) is 14.7. The smallest absolute Gasteiger partial charge is 0.411 e. The average Bonchev–Trinajstić information content (AvgIpc) is 3.18. The lowest BCUT2D eigenvalue weighted by Gasteiger charge is -2.38. The predicted molar refractivity (Wildman–Crippen MR) is 226 cm³/mol. The Labute approximate surface area is 367 Å². The van der Waals surface area contributed by atoms with Crippen LogP contribution in [0, 0.1) is 13.8 Å². The van der Waals surface area contributed by atoms with Gasteiger partial charge in [-0.2, -0.15) is 52.7 Å². The molecule has 0 amide bonds. The van der Waals surface area contributed by atoms with Gasteiger partial charge in [0.05, 0.1) is 22.7 Å². The Morgan fingerprint density at radius 3 is 0.788 bits per heavy atom. The average molecular weight is 945 g/mol. The molecule has 0 saturated heterocycles. The molecule has 0 aliphatic rings. The van der Waals surface area contributed by atoms with E-state index in [2.05, 4.69) is 0 Å². The standard InChI is InChI=1S/C17H16F6N2.C15H12F6N2O2.C12H12N2O2/c1-9-3-5-11(7-13(9)24)15(16(18,19)20,17(21,22)23)12-6-4-10(2)14(25)8-12;16-14(17,18)13(15(19,20)21,7-1-3-11(24)9(22)5-7)8-2-4-12(25)10(23)6-8;13-9-3-1-7(5-11(9)15)8-2-4-10(14)12(16)6-8/h3-8H,24-25H2,1-2H3;1-6,24-25H,22-23H2;1-6,15-16H,13-14H2. The maximum absolute atomic E-state index is 13.9. The zero-order chi connectivity index (χ0) is 50.1. The number of phenols is 4. The van der Waals surface area contributed by atoms with Crippen LogP contribution in [0.25, 0.3) is 11.1 Å². The number of anilines is 6. The van der Waals surface area contributed by atoms with Crippen LogP contribution in [-0.2, 0) is 10.8 Å². The van der Waals surface area contributed by atoms with Crippen molar-refractivity contribution in [2.75, 3.05) is 34.4 Å². The molecule has 0 spiro atoms. The van der Waals surface area contributed by atoms with Gasteiger partial charge in [-0.05, 0) is 119 Å². The van der Waals surface area contributed by atoms with E-state index in [1.807, 2.05) is 0 Å². The molecule has 0 fully saturated rings. The molecule has 0 aliphatic heterocycles. The van der Waals surface area contributed by atoms with Crippen LogP contribution in [0.4, 0.5) is 86.8 Å². The minimum Gasteiger partial charge on any atom is -0.506 e. The van der Waals surface area contributed by atoms with Gasteiger partial charge in [0.1, 0.15) is 23.0 Å². The minimum absolute atomic E-state index is 0.0221. The first-order valence-corrected chi connectivity index (χ1v) is 18.6. The lowest BCUT2D eigenvalue weighted by molar-refractivity contribution is -0.290. The van der Waals surface area contributed by atoms with E-state index in [1.54, 1.807) is 36.4 Å². The number of nitrogen functional groups attached to an aromatic ring is 6. The third kappa shape index (κ3) is 9.61. The highest BCUT2D eigenvalue weighted by Crippen LogP contribution is 2.58. The highest BCUT2D eigenvalue weighted by atomic mass is 19.4. The first-order valence-electron chi connectivity index (χ1n) is 18.6. The van der Waals surface area contributed by atoms with Crippen LogP contribution >= 0.6 is 0 Å². The first-order chi connectivity index (χ1) is 30.2. The molecule has 22 heteroatoms. The topological polar surface area (TPSA) is 237 Å². The molecular weight excluding hydrogens is 904 g/mol. The summed E-state index contributed by atoms with van der Waals surface area (Å²) in [5.41, 5.74) is 20.9. The molecule has 0 heterocycles. The predicted octanol–water partition coefficient (Wildman–Crippen LogP) is 10.5. The summed E-state index contributed by atoms with van der Waals surface area (Å²) in [6, 6.07) is 18.2. The van der Waals surface area contributed by atoms with Gasteiger partial charge in [-0.1, -0.05) is 48.5 Å². The van der Waals surface area contributed by atoms with E-state index in [-0.39, 0.29) is 22.9 Å². The molecule has 66 heavy (non-hydrogen) atoms. The molecule has 10 nitrogen and oxygen atoms in total. The zero-order valence-corrected chi connectivity index (χ0v) is 34.2. The molecule has 6 rings (SSSR count). The SMILES string of the molecule is Cc1ccc(C(c2ccc(C)c(N)c2)(C(F)(F)F)C(F)(F)F)cc1N.Nc1cc(C(c2ccc(O)c(N)c2)(C(F)(F)F)C(F)(F)F)ccc1O.Nc1ccc(-c2ccc(N)c(O)c2)cc1O. The van der Waals surface area contributed by atoms with Crippen molar-refractivity contribution in [3.05, 3.63) is 143 Å². The van der Waals surface area contributed by atoms with Crippen molar-refractivity contribution in [1.29, 1.82) is 0 Å². The van der Waals surface area contributed by atoms with Crippen LogP contribution in [0.1, 0.15) is 33.4 Å². The number of nitrogens with two attached hydrogens (primary N) is 6. The van der Waals surface area contributed by atoms with Gasteiger partial charge >= 0.3 is 24.7 Å². The summed E-state index contributed by atoms with van der Waals surface area (Å²) in [5, 5.41) is 37.6. The molecule has 0 unspecified atom stereocenters.